The van der Waals surface area contributed by atoms with Gasteiger partial charge < -0.3 is 15.4 Å². The zero-order valence-corrected chi connectivity index (χ0v) is 21.8. The first kappa shape index (κ1) is 25.6. The fourth-order valence-electron chi connectivity index (χ4n) is 4.79. The zero-order chi connectivity index (χ0) is 25.2. The number of fused-ring (bicyclic) bond motifs is 1. The third-order valence-corrected chi connectivity index (χ3v) is 7.93. The molecule has 1 saturated carbocycles. The highest BCUT2D eigenvalue weighted by Crippen LogP contribution is 2.27. The maximum Gasteiger partial charge on any atom is 0.407 e. The molecule has 2 aromatic heterocycles. The van der Waals surface area contributed by atoms with Gasteiger partial charge in [0.1, 0.15) is 5.60 Å². The number of piperidine rings is 1. The molecule has 3 heterocycles. The van der Waals surface area contributed by atoms with Crippen LogP contribution in [0.1, 0.15) is 59.3 Å². The minimum Gasteiger partial charge on any atom is -0.444 e. The highest BCUT2D eigenvalue weighted by Gasteiger charge is 2.27. The van der Waals surface area contributed by atoms with Crippen LogP contribution in [-0.4, -0.2) is 75.6 Å². The summed E-state index contributed by atoms with van der Waals surface area (Å²) in [6.07, 6.45) is 9.73. The lowest BCUT2D eigenvalue weighted by molar-refractivity contribution is 0.0486. The Balaban J connectivity index is 1.31. The molecule has 1 saturated heterocycles. The summed E-state index contributed by atoms with van der Waals surface area (Å²) in [5.41, 5.74) is 0.302. The van der Waals surface area contributed by atoms with E-state index in [1.165, 1.54) is 10.6 Å². The summed E-state index contributed by atoms with van der Waals surface area (Å²) >= 11 is 0. The van der Waals surface area contributed by atoms with Gasteiger partial charge in [-0.05, 0) is 65.2 Å². The van der Waals surface area contributed by atoms with Crippen LogP contribution < -0.4 is 10.6 Å². The molecule has 1 amide bonds. The SMILES string of the molecule is CC(C)(C)OC(=O)NC1CCC(Cn2ncc3cnc(NC4CCN(S(C)(=O)=O)CC4)nc32)CC1. The second-order valence-electron chi connectivity index (χ2n) is 10.7. The van der Waals surface area contributed by atoms with Gasteiger partial charge in [0.2, 0.25) is 16.0 Å². The normalized spacial score (nSPS) is 22.7. The van der Waals surface area contributed by atoms with Crippen LogP contribution in [0.5, 0.6) is 0 Å². The van der Waals surface area contributed by atoms with Crippen molar-refractivity contribution in [3.8, 4) is 0 Å². The van der Waals surface area contributed by atoms with E-state index >= 15 is 0 Å². The predicted octanol–water partition coefficient (Wildman–Crippen LogP) is 2.75. The van der Waals surface area contributed by atoms with E-state index in [4.69, 9.17) is 9.72 Å². The van der Waals surface area contributed by atoms with Gasteiger partial charge in [-0.25, -0.2) is 27.2 Å². The molecule has 194 valence electrons. The maximum atomic E-state index is 12.0. The number of rotatable bonds is 6. The van der Waals surface area contributed by atoms with Crippen molar-refractivity contribution in [2.24, 2.45) is 5.92 Å². The summed E-state index contributed by atoms with van der Waals surface area (Å²) in [6.45, 7) is 7.37. The van der Waals surface area contributed by atoms with Crippen molar-refractivity contribution < 1.29 is 17.9 Å². The fraction of sp³-hybridized carbons (Fsp3) is 0.739. The van der Waals surface area contributed by atoms with E-state index in [2.05, 4.69) is 20.7 Å². The Morgan fingerprint density at radius 2 is 1.77 bits per heavy atom. The number of alkyl carbamates (subject to hydrolysis) is 1. The Labute approximate surface area is 207 Å². The molecular formula is C23H37N7O4S. The molecule has 35 heavy (non-hydrogen) atoms. The Kier molecular flexibility index (Phi) is 7.51. The summed E-state index contributed by atoms with van der Waals surface area (Å²) in [5.74, 6) is 1.00. The number of nitrogens with one attached hydrogen (secondary N) is 2. The molecule has 0 bridgehead atoms. The van der Waals surface area contributed by atoms with Crippen LogP contribution in [-0.2, 0) is 21.3 Å². The smallest absolute Gasteiger partial charge is 0.407 e. The average Bonchev–Trinajstić information content (AvgIpc) is 3.15. The van der Waals surface area contributed by atoms with Crippen molar-refractivity contribution >= 4 is 33.1 Å². The van der Waals surface area contributed by atoms with Gasteiger partial charge >= 0.3 is 6.09 Å². The first-order valence-corrected chi connectivity index (χ1v) is 14.2. The van der Waals surface area contributed by atoms with Crippen molar-refractivity contribution in [1.82, 2.24) is 29.4 Å². The quantitative estimate of drug-likeness (QED) is 0.610. The number of hydrogen-bond donors (Lipinski definition) is 2. The number of anilines is 1. The largest absolute Gasteiger partial charge is 0.444 e. The molecule has 11 nitrogen and oxygen atoms in total. The zero-order valence-electron chi connectivity index (χ0n) is 21.0. The van der Waals surface area contributed by atoms with Crippen LogP contribution in [0, 0.1) is 5.92 Å². The third-order valence-electron chi connectivity index (χ3n) is 6.63. The molecule has 1 aliphatic carbocycles. The van der Waals surface area contributed by atoms with Crippen molar-refractivity contribution in [2.45, 2.75) is 83.5 Å². The Bertz CT molecular complexity index is 1130. The first-order valence-electron chi connectivity index (χ1n) is 12.4. The van der Waals surface area contributed by atoms with Gasteiger partial charge in [0, 0.05) is 37.9 Å². The van der Waals surface area contributed by atoms with Crippen LogP contribution in [0.3, 0.4) is 0 Å². The van der Waals surface area contributed by atoms with Gasteiger partial charge in [0.15, 0.2) is 5.65 Å². The summed E-state index contributed by atoms with van der Waals surface area (Å²) in [6, 6.07) is 0.275. The molecular weight excluding hydrogens is 470 g/mol. The van der Waals surface area contributed by atoms with Gasteiger partial charge in [0.25, 0.3) is 0 Å². The van der Waals surface area contributed by atoms with Crippen LogP contribution in [0.4, 0.5) is 10.7 Å². The number of carbonyl (C=O) groups excluding carboxylic acids is 1. The van der Waals surface area contributed by atoms with Gasteiger partial charge in [-0.15, -0.1) is 0 Å². The van der Waals surface area contributed by atoms with E-state index in [1.54, 1.807) is 12.4 Å². The van der Waals surface area contributed by atoms with E-state index in [0.717, 1.165) is 43.3 Å². The van der Waals surface area contributed by atoms with E-state index in [0.29, 0.717) is 37.8 Å². The van der Waals surface area contributed by atoms with Gasteiger partial charge in [0.05, 0.1) is 17.8 Å². The van der Waals surface area contributed by atoms with Crippen LogP contribution in [0.25, 0.3) is 11.0 Å². The molecule has 2 aromatic rings. The fourth-order valence-corrected chi connectivity index (χ4v) is 5.67. The monoisotopic (exact) mass is 507 g/mol. The number of carbonyl (C=O) groups is 1. The maximum absolute atomic E-state index is 12.0. The molecule has 12 heteroatoms. The molecule has 2 fully saturated rings. The summed E-state index contributed by atoms with van der Waals surface area (Å²) in [7, 11) is -3.14. The summed E-state index contributed by atoms with van der Waals surface area (Å²) < 4.78 is 32.3. The Morgan fingerprint density at radius 1 is 1.09 bits per heavy atom. The molecule has 2 aliphatic rings. The summed E-state index contributed by atoms with van der Waals surface area (Å²) in [4.78, 5) is 21.2. The molecule has 0 atom stereocenters. The van der Waals surface area contributed by atoms with E-state index < -0.39 is 15.6 Å². The van der Waals surface area contributed by atoms with Crippen molar-refractivity contribution in [1.29, 1.82) is 0 Å². The molecule has 2 N–H and O–H groups in total. The van der Waals surface area contributed by atoms with E-state index in [-0.39, 0.29) is 18.2 Å². The number of sulfonamides is 1. The van der Waals surface area contributed by atoms with Gasteiger partial charge in [-0.3, -0.25) is 0 Å². The molecule has 1 aliphatic heterocycles. The van der Waals surface area contributed by atoms with Crippen molar-refractivity contribution in [3.63, 3.8) is 0 Å². The van der Waals surface area contributed by atoms with Gasteiger partial charge in [-0.1, -0.05) is 0 Å². The van der Waals surface area contributed by atoms with Crippen LogP contribution >= 0.6 is 0 Å². The number of amides is 1. The lowest BCUT2D eigenvalue weighted by Gasteiger charge is -2.30. The van der Waals surface area contributed by atoms with Gasteiger partial charge in [-0.2, -0.15) is 10.1 Å². The van der Waals surface area contributed by atoms with E-state index in [9.17, 15) is 13.2 Å². The number of aromatic nitrogens is 4. The van der Waals surface area contributed by atoms with Crippen molar-refractivity contribution in [3.05, 3.63) is 12.4 Å². The van der Waals surface area contributed by atoms with Crippen LogP contribution in [0.15, 0.2) is 12.4 Å². The molecule has 4 rings (SSSR count). The van der Waals surface area contributed by atoms with Crippen molar-refractivity contribution in [2.75, 3.05) is 24.7 Å². The lowest BCUT2D eigenvalue weighted by Crippen LogP contribution is -2.42. The standard InChI is InChI=1S/C23H37N7O4S/c1-23(2,3)34-22(31)27-18-7-5-16(6-8-18)15-30-20-17(14-25-30)13-24-21(28-20)26-19-9-11-29(12-10-19)35(4,32)33/h13-14,16,18-19H,5-12,15H2,1-4H3,(H,27,31)(H,24,26,28). The average molecular weight is 508 g/mol. The van der Waals surface area contributed by atoms with Crippen LogP contribution in [0.2, 0.25) is 0 Å². The number of hydrogen-bond acceptors (Lipinski definition) is 8. The minimum atomic E-state index is -3.14. The highest BCUT2D eigenvalue weighted by molar-refractivity contribution is 7.88. The first-order chi connectivity index (χ1) is 16.5. The molecule has 0 radical (unpaired) electrons. The summed E-state index contributed by atoms with van der Waals surface area (Å²) in [5, 5.41) is 11.8. The van der Waals surface area contributed by atoms with E-state index in [1.807, 2.05) is 25.5 Å². The second-order valence-corrected chi connectivity index (χ2v) is 12.7. The molecule has 0 unspecified atom stereocenters. The molecule has 0 spiro atoms. The number of ether oxygens (including phenoxy) is 1. The second kappa shape index (κ2) is 10.3. The Morgan fingerprint density at radius 3 is 2.40 bits per heavy atom. The minimum absolute atomic E-state index is 0.134. The third kappa shape index (κ3) is 7.03. The molecule has 0 aromatic carbocycles. The predicted molar refractivity (Wildman–Crippen MR) is 134 cm³/mol. The lowest BCUT2D eigenvalue weighted by atomic mass is 9.86. The number of nitrogens with zero attached hydrogens (tertiary/aromatic N) is 5. The topological polar surface area (TPSA) is 131 Å². The highest BCUT2D eigenvalue weighted by atomic mass is 32.2. The Hall–Kier alpha value is -2.47.